The van der Waals surface area contributed by atoms with Crippen LogP contribution in [0.4, 0.5) is 5.82 Å². The Kier molecular flexibility index (Phi) is 3.85. The van der Waals surface area contributed by atoms with Crippen molar-refractivity contribution in [2.45, 2.75) is 45.1 Å². The average Bonchev–Trinajstić information content (AvgIpc) is 2.38. The van der Waals surface area contributed by atoms with E-state index in [0.29, 0.717) is 6.10 Å². The van der Waals surface area contributed by atoms with E-state index in [9.17, 15) is 0 Å². The average molecular weight is 249 g/mol. The van der Waals surface area contributed by atoms with Gasteiger partial charge in [0.15, 0.2) is 5.82 Å². The highest BCUT2D eigenvalue weighted by Crippen LogP contribution is 2.22. The van der Waals surface area contributed by atoms with E-state index in [-0.39, 0.29) is 5.41 Å². The summed E-state index contributed by atoms with van der Waals surface area (Å²) in [5, 5.41) is 8.70. The summed E-state index contributed by atoms with van der Waals surface area (Å²) in [4.78, 5) is 2.29. The van der Waals surface area contributed by atoms with Crippen LogP contribution in [0.25, 0.3) is 0 Å². The lowest BCUT2D eigenvalue weighted by molar-refractivity contribution is 0.0817. The Balaban J connectivity index is 2.02. The molecule has 0 aliphatic carbocycles. The van der Waals surface area contributed by atoms with Gasteiger partial charge in [-0.3, -0.25) is 0 Å². The van der Waals surface area contributed by atoms with Crippen LogP contribution in [0.1, 0.15) is 39.3 Å². The van der Waals surface area contributed by atoms with Gasteiger partial charge in [0.25, 0.3) is 0 Å². The zero-order chi connectivity index (χ0) is 13.2. The molecule has 0 amide bonds. The summed E-state index contributed by atoms with van der Waals surface area (Å²) in [7, 11) is 1.79. The summed E-state index contributed by atoms with van der Waals surface area (Å²) >= 11 is 0. The molecule has 4 nitrogen and oxygen atoms in total. The third-order valence-corrected chi connectivity index (χ3v) is 3.52. The summed E-state index contributed by atoms with van der Waals surface area (Å²) in [6, 6.07) is 4.17. The Hall–Kier alpha value is -1.16. The summed E-state index contributed by atoms with van der Waals surface area (Å²) in [6.07, 6.45) is 2.54. The lowest BCUT2D eigenvalue weighted by Crippen LogP contribution is -2.37. The fraction of sp³-hybridized carbons (Fsp3) is 0.714. The number of piperidine rings is 1. The normalized spacial score (nSPS) is 18.1. The standard InChI is InChI=1S/C14H23N3O/c1-14(2,3)12-5-6-13(16-15-12)17-9-7-11(18-4)8-10-17/h5-6,11H,7-10H2,1-4H3. The number of ether oxygens (including phenoxy) is 1. The molecular formula is C14H23N3O. The van der Waals surface area contributed by atoms with Crippen molar-refractivity contribution in [3.63, 3.8) is 0 Å². The van der Waals surface area contributed by atoms with Crippen molar-refractivity contribution in [3.8, 4) is 0 Å². The zero-order valence-electron chi connectivity index (χ0n) is 11.8. The number of methoxy groups -OCH3 is 1. The topological polar surface area (TPSA) is 38.2 Å². The van der Waals surface area contributed by atoms with Crippen LogP contribution >= 0.6 is 0 Å². The van der Waals surface area contributed by atoms with E-state index < -0.39 is 0 Å². The molecule has 1 aromatic heterocycles. The van der Waals surface area contributed by atoms with Crippen LogP contribution < -0.4 is 4.90 Å². The van der Waals surface area contributed by atoms with Crippen molar-refractivity contribution in [2.75, 3.05) is 25.1 Å². The first-order chi connectivity index (χ1) is 8.50. The van der Waals surface area contributed by atoms with E-state index >= 15 is 0 Å². The van der Waals surface area contributed by atoms with Gasteiger partial charge in [-0.05, 0) is 25.0 Å². The number of rotatable bonds is 2. The van der Waals surface area contributed by atoms with Gasteiger partial charge in [-0.1, -0.05) is 20.8 Å². The van der Waals surface area contributed by atoms with Gasteiger partial charge in [0.05, 0.1) is 11.8 Å². The zero-order valence-corrected chi connectivity index (χ0v) is 11.8. The Bertz CT molecular complexity index is 375. The van der Waals surface area contributed by atoms with Crippen molar-refractivity contribution in [3.05, 3.63) is 17.8 Å². The van der Waals surface area contributed by atoms with Gasteiger partial charge in [0.2, 0.25) is 0 Å². The van der Waals surface area contributed by atoms with E-state index in [4.69, 9.17) is 4.74 Å². The summed E-state index contributed by atoms with van der Waals surface area (Å²) in [5.41, 5.74) is 1.10. The van der Waals surface area contributed by atoms with Crippen LogP contribution in [0.5, 0.6) is 0 Å². The molecule has 0 N–H and O–H groups in total. The minimum Gasteiger partial charge on any atom is -0.381 e. The van der Waals surface area contributed by atoms with Crippen molar-refractivity contribution in [2.24, 2.45) is 0 Å². The molecule has 0 bridgehead atoms. The summed E-state index contributed by atoms with van der Waals surface area (Å²) in [5.74, 6) is 0.984. The maximum absolute atomic E-state index is 5.38. The smallest absolute Gasteiger partial charge is 0.151 e. The monoisotopic (exact) mass is 249 g/mol. The van der Waals surface area contributed by atoms with Crippen LogP contribution in [-0.2, 0) is 10.2 Å². The molecule has 4 heteroatoms. The Morgan fingerprint density at radius 1 is 1.17 bits per heavy atom. The number of hydrogen-bond donors (Lipinski definition) is 0. The molecule has 1 aromatic rings. The number of aromatic nitrogens is 2. The Morgan fingerprint density at radius 3 is 2.28 bits per heavy atom. The fourth-order valence-corrected chi connectivity index (χ4v) is 2.21. The number of anilines is 1. The molecule has 100 valence electrons. The summed E-state index contributed by atoms with van der Waals surface area (Å²) < 4.78 is 5.38. The number of nitrogens with zero attached hydrogens (tertiary/aromatic N) is 3. The van der Waals surface area contributed by atoms with E-state index in [1.165, 1.54) is 0 Å². The molecule has 0 spiro atoms. The van der Waals surface area contributed by atoms with Crippen LogP contribution in [0.3, 0.4) is 0 Å². The predicted octanol–water partition coefficient (Wildman–Crippen LogP) is 2.39. The second-order valence-corrected chi connectivity index (χ2v) is 5.95. The molecule has 0 aromatic carbocycles. The van der Waals surface area contributed by atoms with E-state index in [1.807, 2.05) is 0 Å². The van der Waals surface area contributed by atoms with Crippen LogP contribution in [0.15, 0.2) is 12.1 Å². The lowest BCUT2D eigenvalue weighted by Gasteiger charge is -2.32. The summed E-state index contributed by atoms with van der Waals surface area (Å²) in [6.45, 7) is 8.46. The van der Waals surface area contributed by atoms with Gasteiger partial charge in [-0.25, -0.2) is 0 Å². The molecule has 1 aliphatic heterocycles. The Morgan fingerprint density at radius 2 is 1.83 bits per heavy atom. The first-order valence-electron chi connectivity index (χ1n) is 6.62. The highest BCUT2D eigenvalue weighted by Gasteiger charge is 2.21. The lowest BCUT2D eigenvalue weighted by atomic mass is 9.92. The van der Waals surface area contributed by atoms with Gasteiger partial charge in [-0.15, -0.1) is 5.10 Å². The highest BCUT2D eigenvalue weighted by molar-refractivity contribution is 5.38. The second-order valence-electron chi connectivity index (χ2n) is 5.95. The molecule has 2 heterocycles. The van der Waals surface area contributed by atoms with E-state index in [2.05, 4.69) is 48.0 Å². The molecule has 1 fully saturated rings. The third kappa shape index (κ3) is 2.99. The van der Waals surface area contributed by atoms with Gasteiger partial charge in [0.1, 0.15) is 0 Å². The molecule has 0 atom stereocenters. The van der Waals surface area contributed by atoms with Crippen molar-refractivity contribution in [1.29, 1.82) is 0 Å². The fourth-order valence-electron chi connectivity index (χ4n) is 2.21. The first-order valence-corrected chi connectivity index (χ1v) is 6.62. The van der Waals surface area contributed by atoms with Gasteiger partial charge < -0.3 is 9.64 Å². The maximum Gasteiger partial charge on any atom is 0.151 e. The molecule has 1 aliphatic rings. The Labute approximate surface area is 109 Å². The van der Waals surface area contributed by atoms with Crippen LogP contribution in [0.2, 0.25) is 0 Å². The van der Waals surface area contributed by atoms with Crippen molar-refractivity contribution >= 4 is 5.82 Å². The van der Waals surface area contributed by atoms with Gasteiger partial charge in [-0.2, -0.15) is 5.10 Å². The molecule has 2 rings (SSSR count). The molecule has 0 saturated carbocycles. The third-order valence-electron chi connectivity index (χ3n) is 3.52. The van der Waals surface area contributed by atoms with Crippen LogP contribution in [-0.4, -0.2) is 36.5 Å². The minimum absolute atomic E-state index is 0.0641. The molecule has 1 saturated heterocycles. The number of hydrogen-bond acceptors (Lipinski definition) is 4. The maximum atomic E-state index is 5.38. The second kappa shape index (κ2) is 5.22. The first kappa shape index (κ1) is 13.3. The highest BCUT2D eigenvalue weighted by atomic mass is 16.5. The van der Waals surface area contributed by atoms with Crippen molar-refractivity contribution in [1.82, 2.24) is 10.2 Å². The van der Waals surface area contributed by atoms with Gasteiger partial charge in [0, 0.05) is 25.6 Å². The quantitative estimate of drug-likeness (QED) is 0.806. The molecule has 0 unspecified atom stereocenters. The van der Waals surface area contributed by atoms with Gasteiger partial charge >= 0.3 is 0 Å². The minimum atomic E-state index is 0.0641. The SMILES string of the molecule is COC1CCN(c2ccc(C(C)(C)C)nn2)CC1. The molecule has 18 heavy (non-hydrogen) atoms. The predicted molar refractivity (Wildman–Crippen MR) is 73.0 cm³/mol. The van der Waals surface area contributed by atoms with E-state index in [0.717, 1.165) is 37.4 Å². The van der Waals surface area contributed by atoms with E-state index in [1.54, 1.807) is 7.11 Å². The van der Waals surface area contributed by atoms with Crippen molar-refractivity contribution < 1.29 is 4.74 Å². The largest absolute Gasteiger partial charge is 0.381 e. The molecular weight excluding hydrogens is 226 g/mol. The molecule has 0 radical (unpaired) electrons. The van der Waals surface area contributed by atoms with Crippen LogP contribution in [0, 0.1) is 0 Å².